The van der Waals surface area contributed by atoms with Gasteiger partial charge in [0.1, 0.15) is 11.6 Å². The van der Waals surface area contributed by atoms with Gasteiger partial charge >= 0.3 is 5.97 Å². The minimum absolute atomic E-state index is 0.261. The van der Waals surface area contributed by atoms with Crippen molar-refractivity contribution in [1.82, 2.24) is 0 Å². The second-order valence-electron chi connectivity index (χ2n) is 5.18. The molecule has 3 aromatic carbocycles. The molecule has 3 nitrogen and oxygen atoms in total. The predicted octanol–water partition coefficient (Wildman–Crippen LogP) is 5.78. The van der Waals surface area contributed by atoms with E-state index < -0.39 is 28.9 Å². The fourth-order valence-electron chi connectivity index (χ4n) is 2.32. The Labute approximate surface area is 147 Å². The molecule has 0 saturated carbocycles. The fourth-order valence-corrected chi connectivity index (χ4v) is 2.50. The molecule has 0 aliphatic heterocycles. The summed E-state index contributed by atoms with van der Waals surface area (Å²) in [4.78, 5) is 10.9. The van der Waals surface area contributed by atoms with Crippen LogP contribution in [0.1, 0.15) is 10.4 Å². The van der Waals surface area contributed by atoms with E-state index in [1.54, 1.807) is 12.1 Å². The number of carbonyl (C=O) groups is 1. The van der Waals surface area contributed by atoms with Crippen LogP contribution in [0, 0.1) is 11.6 Å². The lowest BCUT2D eigenvalue weighted by atomic mass is 10.0. The smallest absolute Gasteiger partial charge is 0.338 e. The quantitative estimate of drug-likeness (QED) is 0.642. The number of hydrogen-bond donors (Lipinski definition) is 1. The first kappa shape index (κ1) is 16.9. The maximum Gasteiger partial charge on any atom is 0.338 e. The second kappa shape index (κ2) is 6.91. The van der Waals surface area contributed by atoms with E-state index in [1.165, 1.54) is 6.07 Å². The molecule has 0 saturated heterocycles. The lowest BCUT2D eigenvalue weighted by molar-refractivity contribution is 0.0691. The molecule has 3 rings (SSSR count). The van der Waals surface area contributed by atoms with Crippen LogP contribution in [0.15, 0.2) is 60.7 Å². The molecule has 0 spiro atoms. The number of aromatic carboxylic acids is 1. The minimum atomic E-state index is -1.56. The van der Waals surface area contributed by atoms with Gasteiger partial charge in [-0.25, -0.2) is 13.6 Å². The number of hydrogen-bond acceptors (Lipinski definition) is 2. The van der Waals surface area contributed by atoms with Crippen molar-refractivity contribution in [2.45, 2.75) is 0 Å². The second-order valence-corrected chi connectivity index (χ2v) is 5.61. The van der Waals surface area contributed by atoms with Gasteiger partial charge in [0.15, 0.2) is 11.6 Å². The van der Waals surface area contributed by atoms with Gasteiger partial charge in [-0.2, -0.15) is 0 Å². The molecule has 0 atom stereocenters. The summed E-state index contributed by atoms with van der Waals surface area (Å²) in [5, 5.41) is 9.29. The van der Waals surface area contributed by atoms with Crippen LogP contribution in [0.5, 0.6) is 11.5 Å². The van der Waals surface area contributed by atoms with E-state index in [4.69, 9.17) is 21.4 Å². The highest BCUT2D eigenvalue weighted by atomic mass is 35.5. The topological polar surface area (TPSA) is 46.5 Å². The highest BCUT2D eigenvalue weighted by Gasteiger charge is 2.18. The lowest BCUT2D eigenvalue weighted by Crippen LogP contribution is -2.02. The van der Waals surface area contributed by atoms with E-state index in [9.17, 15) is 13.6 Å². The summed E-state index contributed by atoms with van der Waals surface area (Å²) in [5.41, 5.74) is 0.613. The highest BCUT2D eigenvalue weighted by molar-refractivity contribution is 6.31. The lowest BCUT2D eigenvalue weighted by Gasteiger charge is -2.13. The molecule has 0 aromatic heterocycles. The number of benzene rings is 3. The summed E-state index contributed by atoms with van der Waals surface area (Å²) in [6.07, 6.45) is 0. The number of carboxylic acid groups (broad SMARTS) is 1. The Morgan fingerprint density at radius 1 is 0.920 bits per heavy atom. The summed E-state index contributed by atoms with van der Waals surface area (Å²) in [5.74, 6) is -3.77. The Hall–Kier alpha value is -2.92. The van der Waals surface area contributed by atoms with Crippen molar-refractivity contribution in [2.24, 2.45) is 0 Å². The van der Waals surface area contributed by atoms with Crippen molar-refractivity contribution in [1.29, 1.82) is 0 Å². The van der Waals surface area contributed by atoms with Gasteiger partial charge < -0.3 is 9.84 Å². The zero-order valence-electron chi connectivity index (χ0n) is 12.7. The summed E-state index contributed by atoms with van der Waals surface area (Å²) in [6.45, 7) is 0. The fraction of sp³-hybridized carbons (Fsp3) is 0. The summed E-state index contributed by atoms with van der Waals surface area (Å²) in [7, 11) is 0. The van der Waals surface area contributed by atoms with Crippen molar-refractivity contribution >= 4 is 17.6 Å². The average molecular weight is 361 g/mol. The van der Waals surface area contributed by atoms with Crippen LogP contribution in [-0.2, 0) is 0 Å². The van der Waals surface area contributed by atoms with Crippen LogP contribution in [-0.4, -0.2) is 11.1 Å². The summed E-state index contributed by atoms with van der Waals surface area (Å²) >= 11 is 6.03. The van der Waals surface area contributed by atoms with Gasteiger partial charge in [0.05, 0.1) is 5.56 Å². The molecule has 1 N–H and O–H groups in total. The van der Waals surface area contributed by atoms with E-state index in [0.717, 1.165) is 5.56 Å². The monoisotopic (exact) mass is 360 g/mol. The van der Waals surface area contributed by atoms with E-state index >= 15 is 0 Å². The third-order valence-electron chi connectivity index (χ3n) is 3.50. The molecule has 0 unspecified atom stereocenters. The molecular weight excluding hydrogens is 350 g/mol. The molecule has 0 aliphatic carbocycles. The molecule has 0 bridgehead atoms. The van der Waals surface area contributed by atoms with Crippen LogP contribution in [0.3, 0.4) is 0 Å². The first-order valence-electron chi connectivity index (χ1n) is 7.21. The Bertz CT molecular complexity index is 943. The van der Waals surface area contributed by atoms with E-state index in [2.05, 4.69) is 0 Å². The van der Waals surface area contributed by atoms with Crippen molar-refractivity contribution in [2.75, 3.05) is 0 Å². The number of halogens is 3. The standard InChI is InChI=1S/C19H11ClF2O3/c20-12-6-7-17(13(8-12)11-4-2-1-3-5-11)25-18-10-15(21)14(19(23)24)9-16(18)22/h1-10H,(H,23,24). The highest BCUT2D eigenvalue weighted by Crippen LogP contribution is 2.36. The number of ether oxygens (including phenoxy) is 1. The zero-order valence-corrected chi connectivity index (χ0v) is 13.4. The Kier molecular flexibility index (Phi) is 4.67. The molecule has 3 aromatic rings. The summed E-state index contributed by atoms with van der Waals surface area (Å²) < 4.78 is 33.4. The third kappa shape index (κ3) is 3.61. The molecule has 25 heavy (non-hydrogen) atoms. The van der Waals surface area contributed by atoms with E-state index in [-0.39, 0.29) is 5.75 Å². The number of carboxylic acids is 1. The largest absolute Gasteiger partial charge is 0.478 e. The van der Waals surface area contributed by atoms with Crippen LogP contribution >= 0.6 is 11.6 Å². The SMILES string of the molecule is O=C(O)c1cc(F)c(Oc2ccc(Cl)cc2-c2ccccc2)cc1F. The average Bonchev–Trinajstić information content (AvgIpc) is 2.59. The van der Waals surface area contributed by atoms with Gasteiger partial charge in [-0.3, -0.25) is 0 Å². The first-order valence-corrected chi connectivity index (χ1v) is 7.58. The first-order chi connectivity index (χ1) is 12.0. The van der Waals surface area contributed by atoms with Gasteiger partial charge in [0.2, 0.25) is 0 Å². The molecule has 0 radical (unpaired) electrons. The maximum absolute atomic E-state index is 14.1. The molecule has 6 heteroatoms. The van der Waals surface area contributed by atoms with Gasteiger partial charge in [-0.1, -0.05) is 41.9 Å². The minimum Gasteiger partial charge on any atom is -0.478 e. The number of rotatable bonds is 4. The van der Waals surface area contributed by atoms with Crippen LogP contribution < -0.4 is 4.74 Å². The molecule has 0 heterocycles. The molecular formula is C19H11ClF2O3. The van der Waals surface area contributed by atoms with Crippen molar-refractivity contribution in [3.05, 3.63) is 82.9 Å². The molecule has 0 aliphatic rings. The van der Waals surface area contributed by atoms with Gasteiger partial charge in [0, 0.05) is 16.7 Å². The Morgan fingerprint density at radius 3 is 2.32 bits per heavy atom. The normalized spacial score (nSPS) is 10.5. The van der Waals surface area contributed by atoms with Crippen LogP contribution in [0.2, 0.25) is 5.02 Å². The van der Waals surface area contributed by atoms with Crippen molar-refractivity contribution < 1.29 is 23.4 Å². The summed E-state index contributed by atoms with van der Waals surface area (Å²) in [6, 6.07) is 15.2. The zero-order chi connectivity index (χ0) is 18.0. The van der Waals surface area contributed by atoms with Crippen molar-refractivity contribution in [3.8, 4) is 22.6 Å². The van der Waals surface area contributed by atoms with E-state index in [1.807, 2.05) is 30.3 Å². The van der Waals surface area contributed by atoms with E-state index in [0.29, 0.717) is 22.7 Å². The maximum atomic E-state index is 14.1. The molecule has 126 valence electrons. The Balaban J connectivity index is 2.05. The van der Waals surface area contributed by atoms with Gasteiger partial charge in [-0.05, 0) is 29.8 Å². The molecule has 0 amide bonds. The predicted molar refractivity (Wildman–Crippen MR) is 90.3 cm³/mol. The molecule has 0 fully saturated rings. The Morgan fingerprint density at radius 2 is 1.64 bits per heavy atom. The van der Waals surface area contributed by atoms with Crippen LogP contribution in [0.4, 0.5) is 8.78 Å². The third-order valence-corrected chi connectivity index (χ3v) is 3.73. The van der Waals surface area contributed by atoms with Crippen molar-refractivity contribution in [3.63, 3.8) is 0 Å². The van der Waals surface area contributed by atoms with Crippen LogP contribution in [0.25, 0.3) is 11.1 Å². The van der Waals surface area contributed by atoms with Gasteiger partial charge in [-0.15, -0.1) is 0 Å². The van der Waals surface area contributed by atoms with Gasteiger partial charge in [0.25, 0.3) is 0 Å².